The molecule has 4 nitrogen and oxygen atoms in total. The van der Waals surface area contributed by atoms with Crippen LogP contribution in [0.3, 0.4) is 0 Å². The van der Waals surface area contributed by atoms with E-state index < -0.39 is 0 Å². The first-order valence-electron chi connectivity index (χ1n) is 6.01. The van der Waals surface area contributed by atoms with Gasteiger partial charge in [-0.1, -0.05) is 23.7 Å². The van der Waals surface area contributed by atoms with Gasteiger partial charge in [0.1, 0.15) is 0 Å². The van der Waals surface area contributed by atoms with E-state index >= 15 is 0 Å². The molecule has 94 valence electrons. The van der Waals surface area contributed by atoms with E-state index in [1.165, 1.54) is 0 Å². The molecule has 1 aliphatic heterocycles. The number of hydrogen-bond acceptors (Lipinski definition) is 2. The number of urea groups is 1. The first-order valence-corrected chi connectivity index (χ1v) is 6.39. The minimum atomic E-state index is -0.362. The average molecular weight is 265 g/mol. The van der Waals surface area contributed by atoms with Crippen LogP contribution in [-0.4, -0.2) is 17.5 Å². The molecule has 18 heavy (non-hydrogen) atoms. The standard InChI is InChI=1S/C13H13ClN2O2/c14-9-4-1-2-5-10(9)16-11(17)8-13(6-3-7-13)15-12(16)18/h1-2,4-5H,3,6-8H2,(H,15,18). The predicted octanol–water partition coefficient (Wildman–Crippen LogP) is 2.71. The average Bonchev–Trinajstić information content (AvgIpc) is 2.28. The zero-order chi connectivity index (χ0) is 12.8. The van der Waals surface area contributed by atoms with Crippen LogP contribution in [0.2, 0.25) is 5.02 Å². The number of rotatable bonds is 1. The molecule has 1 saturated heterocycles. The molecule has 2 aliphatic rings. The highest BCUT2D eigenvalue weighted by Gasteiger charge is 2.47. The Morgan fingerprint density at radius 2 is 1.94 bits per heavy atom. The SMILES string of the molecule is O=C1CC2(CCC2)NC(=O)N1c1ccccc1Cl. The summed E-state index contributed by atoms with van der Waals surface area (Å²) < 4.78 is 0. The molecule has 1 heterocycles. The van der Waals surface area contributed by atoms with Gasteiger partial charge >= 0.3 is 6.03 Å². The normalized spacial score (nSPS) is 21.7. The van der Waals surface area contributed by atoms with Crippen LogP contribution in [0.4, 0.5) is 10.5 Å². The molecule has 1 saturated carbocycles. The fourth-order valence-electron chi connectivity index (χ4n) is 2.59. The Labute approximate surface area is 110 Å². The number of carbonyl (C=O) groups is 2. The van der Waals surface area contributed by atoms with Crippen LogP contribution in [0.25, 0.3) is 0 Å². The molecular weight excluding hydrogens is 252 g/mol. The van der Waals surface area contributed by atoms with E-state index in [-0.39, 0.29) is 17.5 Å². The third-order valence-corrected chi connectivity index (χ3v) is 4.04. The van der Waals surface area contributed by atoms with Gasteiger partial charge in [0, 0.05) is 0 Å². The van der Waals surface area contributed by atoms with Crippen molar-refractivity contribution in [2.75, 3.05) is 4.90 Å². The van der Waals surface area contributed by atoms with Crippen LogP contribution < -0.4 is 10.2 Å². The second-order valence-electron chi connectivity index (χ2n) is 4.92. The van der Waals surface area contributed by atoms with Gasteiger partial charge in [0.2, 0.25) is 5.91 Å². The van der Waals surface area contributed by atoms with Crippen molar-refractivity contribution in [2.24, 2.45) is 0 Å². The molecule has 1 aliphatic carbocycles. The van der Waals surface area contributed by atoms with E-state index in [4.69, 9.17) is 11.6 Å². The van der Waals surface area contributed by atoms with Gasteiger partial charge in [-0.15, -0.1) is 0 Å². The van der Waals surface area contributed by atoms with Crippen LogP contribution in [0.5, 0.6) is 0 Å². The third-order valence-electron chi connectivity index (χ3n) is 3.72. The van der Waals surface area contributed by atoms with E-state index in [2.05, 4.69) is 5.32 Å². The Morgan fingerprint density at radius 3 is 2.50 bits per heavy atom. The number of amides is 3. The van der Waals surface area contributed by atoms with Gasteiger partial charge in [-0.25, -0.2) is 9.69 Å². The fraction of sp³-hybridized carbons (Fsp3) is 0.385. The molecule has 0 unspecified atom stereocenters. The van der Waals surface area contributed by atoms with Gasteiger partial charge in [0.15, 0.2) is 0 Å². The van der Waals surface area contributed by atoms with Crippen LogP contribution in [-0.2, 0) is 4.79 Å². The highest BCUT2D eigenvalue weighted by molar-refractivity contribution is 6.35. The highest BCUT2D eigenvalue weighted by Crippen LogP contribution is 2.39. The number of para-hydroxylation sites is 1. The number of hydrogen-bond donors (Lipinski definition) is 1. The predicted molar refractivity (Wildman–Crippen MR) is 68.7 cm³/mol. The highest BCUT2D eigenvalue weighted by atomic mass is 35.5. The monoisotopic (exact) mass is 264 g/mol. The minimum absolute atomic E-state index is 0.174. The van der Waals surface area contributed by atoms with Gasteiger partial charge < -0.3 is 5.32 Å². The number of nitrogens with zero attached hydrogens (tertiary/aromatic N) is 1. The van der Waals surface area contributed by atoms with Crippen LogP contribution in [0.1, 0.15) is 25.7 Å². The molecule has 0 bridgehead atoms. The van der Waals surface area contributed by atoms with Crippen molar-refractivity contribution in [1.82, 2.24) is 5.32 Å². The molecule has 1 N–H and O–H groups in total. The van der Waals surface area contributed by atoms with Crippen molar-refractivity contribution in [3.05, 3.63) is 29.3 Å². The number of nitrogens with one attached hydrogen (secondary N) is 1. The molecule has 0 atom stereocenters. The molecule has 2 fully saturated rings. The lowest BCUT2D eigenvalue weighted by molar-refractivity contribution is -0.121. The Morgan fingerprint density at radius 1 is 1.22 bits per heavy atom. The van der Waals surface area contributed by atoms with E-state index in [0.717, 1.165) is 24.2 Å². The van der Waals surface area contributed by atoms with Gasteiger partial charge in [-0.05, 0) is 31.4 Å². The molecule has 1 spiro atoms. The summed E-state index contributed by atoms with van der Waals surface area (Å²) in [5.41, 5.74) is 0.169. The molecule has 0 radical (unpaired) electrons. The Hall–Kier alpha value is -1.55. The maximum Gasteiger partial charge on any atom is 0.329 e. The Bertz CT molecular complexity index is 505. The summed E-state index contributed by atoms with van der Waals surface area (Å²) in [5.74, 6) is -0.174. The molecule has 1 aromatic rings. The zero-order valence-corrected chi connectivity index (χ0v) is 10.5. The van der Waals surface area contributed by atoms with Crippen molar-refractivity contribution in [3.63, 3.8) is 0 Å². The van der Waals surface area contributed by atoms with E-state index in [1.807, 2.05) is 0 Å². The van der Waals surface area contributed by atoms with E-state index in [9.17, 15) is 9.59 Å². The molecule has 0 aromatic heterocycles. The Balaban J connectivity index is 1.92. The van der Waals surface area contributed by atoms with Gasteiger partial charge in [-0.3, -0.25) is 4.79 Å². The largest absolute Gasteiger partial charge is 0.331 e. The van der Waals surface area contributed by atoms with Crippen molar-refractivity contribution in [1.29, 1.82) is 0 Å². The number of anilines is 1. The van der Waals surface area contributed by atoms with Crippen LogP contribution in [0.15, 0.2) is 24.3 Å². The van der Waals surface area contributed by atoms with Gasteiger partial charge in [-0.2, -0.15) is 0 Å². The van der Waals surface area contributed by atoms with Crippen molar-refractivity contribution in [2.45, 2.75) is 31.2 Å². The van der Waals surface area contributed by atoms with Crippen molar-refractivity contribution >= 4 is 29.2 Å². The van der Waals surface area contributed by atoms with E-state index in [0.29, 0.717) is 17.1 Å². The maximum absolute atomic E-state index is 12.2. The summed E-state index contributed by atoms with van der Waals surface area (Å²) in [7, 11) is 0. The van der Waals surface area contributed by atoms with Gasteiger partial charge in [0.05, 0.1) is 22.7 Å². The maximum atomic E-state index is 12.2. The summed E-state index contributed by atoms with van der Waals surface area (Å²) in [4.78, 5) is 25.4. The third kappa shape index (κ3) is 1.68. The number of imide groups is 1. The first kappa shape index (κ1) is 11.5. The minimum Gasteiger partial charge on any atom is -0.331 e. The molecular formula is C13H13ClN2O2. The summed E-state index contributed by atoms with van der Waals surface area (Å²) >= 11 is 6.03. The van der Waals surface area contributed by atoms with Crippen molar-refractivity contribution < 1.29 is 9.59 Å². The quantitative estimate of drug-likeness (QED) is 0.848. The number of benzene rings is 1. The Kier molecular flexibility index (Phi) is 2.55. The lowest BCUT2D eigenvalue weighted by atomic mass is 9.73. The molecule has 5 heteroatoms. The van der Waals surface area contributed by atoms with E-state index in [1.54, 1.807) is 24.3 Å². The van der Waals surface area contributed by atoms with Crippen LogP contribution >= 0.6 is 11.6 Å². The zero-order valence-electron chi connectivity index (χ0n) is 9.78. The lowest BCUT2D eigenvalue weighted by Gasteiger charge is -2.47. The summed E-state index contributed by atoms with van der Waals surface area (Å²) in [6.45, 7) is 0. The molecule has 3 rings (SSSR count). The second-order valence-corrected chi connectivity index (χ2v) is 5.33. The fourth-order valence-corrected chi connectivity index (χ4v) is 2.81. The molecule has 1 aromatic carbocycles. The first-order chi connectivity index (χ1) is 8.61. The van der Waals surface area contributed by atoms with Gasteiger partial charge in [0.25, 0.3) is 0 Å². The lowest BCUT2D eigenvalue weighted by Crippen LogP contribution is -2.65. The summed E-state index contributed by atoms with van der Waals surface area (Å²) in [6, 6.07) is 6.52. The topological polar surface area (TPSA) is 49.4 Å². The number of carbonyl (C=O) groups excluding carboxylic acids is 2. The number of halogens is 1. The molecule has 3 amide bonds. The smallest absolute Gasteiger partial charge is 0.329 e. The van der Waals surface area contributed by atoms with Crippen LogP contribution in [0, 0.1) is 0 Å². The summed E-state index contributed by atoms with van der Waals surface area (Å²) in [5, 5.41) is 3.35. The van der Waals surface area contributed by atoms with Crippen molar-refractivity contribution in [3.8, 4) is 0 Å². The summed E-state index contributed by atoms with van der Waals surface area (Å²) in [6.07, 6.45) is 3.21. The second kappa shape index (κ2) is 3.99.